The van der Waals surface area contributed by atoms with Crippen molar-refractivity contribution in [2.24, 2.45) is 0 Å². The lowest BCUT2D eigenvalue weighted by Gasteiger charge is -2.23. The molecule has 1 saturated heterocycles. The quantitative estimate of drug-likeness (QED) is 0.911. The molecule has 0 aromatic carbocycles. The fraction of sp³-hybridized carbons (Fsp3) is 0.545. The Balaban J connectivity index is 0.00000180. The molecule has 2 heterocycles. The zero-order valence-electron chi connectivity index (χ0n) is 10.5. The first-order chi connectivity index (χ1) is 8.55. The maximum Gasteiger partial charge on any atom is 0.244 e. The van der Waals surface area contributed by atoms with Crippen LogP contribution in [0.2, 0.25) is 5.02 Å². The summed E-state index contributed by atoms with van der Waals surface area (Å²) in [4.78, 5) is 4.00. The molecule has 1 aromatic heterocycles. The van der Waals surface area contributed by atoms with Crippen LogP contribution in [0.25, 0.3) is 0 Å². The Morgan fingerprint density at radius 2 is 2.26 bits per heavy atom. The van der Waals surface area contributed by atoms with Crippen LogP contribution in [0.1, 0.15) is 12.8 Å². The fourth-order valence-electron chi connectivity index (χ4n) is 2.23. The summed E-state index contributed by atoms with van der Waals surface area (Å²) >= 11 is 5.80. The molecular formula is C11H17Cl2N3O2S. The van der Waals surface area contributed by atoms with Crippen molar-refractivity contribution < 1.29 is 8.42 Å². The van der Waals surface area contributed by atoms with Crippen LogP contribution >= 0.6 is 24.0 Å². The van der Waals surface area contributed by atoms with Crippen LogP contribution < -0.4 is 5.32 Å². The van der Waals surface area contributed by atoms with Crippen LogP contribution in [0.4, 0.5) is 0 Å². The number of sulfonamides is 1. The normalized spacial score (nSPS) is 20.2. The molecule has 0 radical (unpaired) electrons. The highest BCUT2D eigenvalue weighted by atomic mass is 35.5. The van der Waals surface area contributed by atoms with E-state index in [1.54, 1.807) is 0 Å². The van der Waals surface area contributed by atoms with Crippen molar-refractivity contribution in [1.29, 1.82) is 0 Å². The molecule has 8 heteroatoms. The molecule has 1 aromatic rings. The van der Waals surface area contributed by atoms with Gasteiger partial charge in [-0.2, -0.15) is 4.31 Å². The standard InChI is InChI=1S/C11H16ClN3O2S.ClH/c1-13-7-10-3-2-4-15(10)18(16,17)11-5-9(12)6-14-8-11;/h5-6,8,10,13H,2-4,7H2,1H3;1H. The van der Waals surface area contributed by atoms with Gasteiger partial charge in [-0.15, -0.1) is 12.4 Å². The van der Waals surface area contributed by atoms with Gasteiger partial charge in [-0.3, -0.25) is 4.98 Å². The maximum absolute atomic E-state index is 12.5. The van der Waals surface area contributed by atoms with Crippen LogP contribution in [-0.2, 0) is 10.0 Å². The summed E-state index contributed by atoms with van der Waals surface area (Å²) in [6.45, 7) is 1.22. The summed E-state index contributed by atoms with van der Waals surface area (Å²) in [5.41, 5.74) is 0. The van der Waals surface area contributed by atoms with Gasteiger partial charge in [0.25, 0.3) is 0 Å². The molecule has 1 aliphatic heterocycles. The topological polar surface area (TPSA) is 62.3 Å². The van der Waals surface area contributed by atoms with Gasteiger partial charge in [0.05, 0.1) is 5.02 Å². The number of pyridine rings is 1. The smallest absolute Gasteiger partial charge is 0.244 e. The largest absolute Gasteiger partial charge is 0.318 e. The Morgan fingerprint density at radius 3 is 2.89 bits per heavy atom. The molecule has 2 rings (SSSR count). The summed E-state index contributed by atoms with van der Waals surface area (Å²) < 4.78 is 26.5. The molecule has 5 nitrogen and oxygen atoms in total. The molecule has 1 fully saturated rings. The van der Waals surface area contributed by atoms with Gasteiger partial charge in [0.1, 0.15) is 4.90 Å². The van der Waals surface area contributed by atoms with Crippen LogP contribution in [-0.4, -0.2) is 43.9 Å². The Labute approximate surface area is 124 Å². The molecule has 1 aliphatic rings. The van der Waals surface area contributed by atoms with Crippen molar-refractivity contribution in [3.05, 3.63) is 23.5 Å². The highest BCUT2D eigenvalue weighted by Gasteiger charge is 2.34. The minimum absolute atomic E-state index is 0. The van der Waals surface area contributed by atoms with E-state index in [1.807, 2.05) is 7.05 Å². The monoisotopic (exact) mass is 325 g/mol. The molecule has 0 aliphatic carbocycles. The number of aromatic nitrogens is 1. The van der Waals surface area contributed by atoms with Crippen LogP contribution in [0.3, 0.4) is 0 Å². The van der Waals surface area contributed by atoms with Crippen molar-refractivity contribution >= 4 is 34.0 Å². The van der Waals surface area contributed by atoms with Gasteiger partial charge >= 0.3 is 0 Å². The van der Waals surface area contributed by atoms with Crippen LogP contribution in [0, 0.1) is 0 Å². The van der Waals surface area contributed by atoms with Gasteiger partial charge < -0.3 is 5.32 Å². The minimum Gasteiger partial charge on any atom is -0.318 e. The second-order valence-corrected chi connectivity index (χ2v) is 6.64. The van der Waals surface area contributed by atoms with E-state index in [-0.39, 0.29) is 23.3 Å². The third-order valence-electron chi connectivity index (χ3n) is 3.05. The van der Waals surface area contributed by atoms with Gasteiger partial charge in [0, 0.05) is 31.5 Å². The third-order valence-corrected chi connectivity index (χ3v) is 5.17. The van der Waals surface area contributed by atoms with E-state index in [4.69, 9.17) is 11.6 Å². The lowest BCUT2D eigenvalue weighted by atomic mass is 10.2. The summed E-state index contributed by atoms with van der Waals surface area (Å²) in [7, 11) is -1.66. The van der Waals surface area contributed by atoms with E-state index >= 15 is 0 Å². The van der Waals surface area contributed by atoms with Gasteiger partial charge in [-0.1, -0.05) is 11.6 Å². The van der Waals surface area contributed by atoms with E-state index in [9.17, 15) is 8.42 Å². The number of likely N-dealkylation sites (N-methyl/N-ethyl adjacent to an activating group) is 1. The van der Waals surface area contributed by atoms with Crippen LogP contribution in [0.5, 0.6) is 0 Å². The van der Waals surface area contributed by atoms with Crippen molar-refractivity contribution in [2.45, 2.75) is 23.8 Å². The number of nitrogens with zero attached hydrogens (tertiary/aromatic N) is 2. The molecule has 1 N–H and O–H groups in total. The second kappa shape index (κ2) is 6.85. The third kappa shape index (κ3) is 3.58. The summed E-state index contributed by atoms with van der Waals surface area (Å²) in [6, 6.07) is 1.46. The molecule has 108 valence electrons. The number of hydrogen-bond donors (Lipinski definition) is 1. The van der Waals surface area contributed by atoms with Gasteiger partial charge in [-0.05, 0) is 26.0 Å². The Kier molecular flexibility index (Phi) is 6.01. The van der Waals surface area contributed by atoms with E-state index in [0.717, 1.165) is 12.8 Å². The van der Waals surface area contributed by atoms with E-state index in [1.165, 1.54) is 22.8 Å². The van der Waals surface area contributed by atoms with E-state index < -0.39 is 10.0 Å². The molecule has 0 bridgehead atoms. The molecule has 0 spiro atoms. The lowest BCUT2D eigenvalue weighted by molar-refractivity contribution is 0.379. The Bertz CT molecular complexity index is 524. The van der Waals surface area contributed by atoms with Crippen molar-refractivity contribution in [1.82, 2.24) is 14.6 Å². The maximum atomic E-state index is 12.5. The molecule has 1 atom stereocenters. The fourth-order valence-corrected chi connectivity index (χ4v) is 4.16. The number of nitrogens with one attached hydrogen (secondary N) is 1. The van der Waals surface area contributed by atoms with Crippen LogP contribution in [0.15, 0.2) is 23.4 Å². The van der Waals surface area contributed by atoms with Crippen molar-refractivity contribution in [3.8, 4) is 0 Å². The zero-order chi connectivity index (χ0) is 13.2. The van der Waals surface area contributed by atoms with E-state index in [0.29, 0.717) is 18.1 Å². The number of rotatable bonds is 4. The Morgan fingerprint density at radius 1 is 1.53 bits per heavy atom. The first-order valence-corrected chi connectivity index (χ1v) is 7.64. The molecule has 1 unspecified atom stereocenters. The highest BCUT2D eigenvalue weighted by molar-refractivity contribution is 7.89. The number of halogens is 2. The average Bonchev–Trinajstić information content (AvgIpc) is 2.78. The number of hydrogen-bond acceptors (Lipinski definition) is 4. The first-order valence-electron chi connectivity index (χ1n) is 5.82. The molecular weight excluding hydrogens is 309 g/mol. The molecule has 0 saturated carbocycles. The minimum atomic E-state index is -3.49. The second-order valence-electron chi connectivity index (χ2n) is 4.31. The predicted molar refractivity (Wildman–Crippen MR) is 77.3 cm³/mol. The van der Waals surface area contributed by atoms with Gasteiger partial charge in [0.2, 0.25) is 10.0 Å². The van der Waals surface area contributed by atoms with Gasteiger partial charge in [0.15, 0.2) is 0 Å². The predicted octanol–water partition coefficient (Wildman–Crippen LogP) is 1.53. The highest BCUT2D eigenvalue weighted by Crippen LogP contribution is 2.26. The summed E-state index contributed by atoms with van der Waals surface area (Å²) in [6.07, 6.45) is 4.54. The average molecular weight is 326 g/mol. The van der Waals surface area contributed by atoms with E-state index in [2.05, 4.69) is 10.3 Å². The Hall–Kier alpha value is -0.400. The zero-order valence-corrected chi connectivity index (χ0v) is 12.9. The van der Waals surface area contributed by atoms with Crippen molar-refractivity contribution in [3.63, 3.8) is 0 Å². The molecule has 19 heavy (non-hydrogen) atoms. The summed E-state index contributed by atoms with van der Waals surface area (Å²) in [5.74, 6) is 0. The van der Waals surface area contributed by atoms with Gasteiger partial charge in [-0.25, -0.2) is 8.42 Å². The SMILES string of the molecule is CNCC1CCCN1S(=O)(=O)c1cncc(Cl)c1.Cl. The molecule has 0 amide bonds. The van der Waals surface area contributed by atoms with Crippen molar-refractivity contribution in [2.75, 3.05) is 20.1 Å². The summed E-state index contributed by atoms with van der Waals surface area (Å²) in [5, 5.41) is 3.36. The lowest BCUT2D eigenvalue weighted by Crippen LogP contribution is -2.40. The first kappa shape index (κ1) is 16.7.